The molecule has 0 bridgehead atoms. The molecule has 0 atom stereocenters. The van der Waals surface area contributed by atoms with Crippen molar-refractivity contribution in [2.75, 3.05) is 0 Å². The van der Waals surface area contributed by atoms with Crippen LogP contribution < -0.4 is 0 Å². The molecule has 0 radical (unpaired) electrons. The maximum atomic E-state index is 9.43. The average molecular weight is 162 g/mol. The predicted molar refractivity (Wildman–Crippen MR) is 51.4 cm³/mol. The Kier molecular flexibility index (Phi) is 2.92. The lowest BCUT2D eigenvalue weighted by molar-refractivity contribution is 0.469. The van der Waals surface area contributed by atoms with Crippen molar-refractivity contribution in [3.63, 3.8) is 0 Å². The van der Waals surface area contributed by atoms with Crippen LogP contribution in [0.25, 0.3) is 0 Å². The zero-order valence-corrected chi connectivity index (χ0v) is 7.54. The second-order valence-corrected chi connectivity index (χ2v) is 2.91. The van der Waals surface area contributed by atoms with Gasteiger partial charge in [-0.05, 0) is 31.9 Å². The van der Waals surface area contributed by atoms with E-state index >= 15 is 0 Å². The van der Waals surface area contributed by atoms with E-state index in [0.717, 1.165) is 12.0 Å². The van der Waals surface area contributed by atoms with Crippen LogP contribution in [-0.4, -0.2) is 5.11 Å². The van der Waals surface area contributed by atoms with E-state index in [-0.39, 0.29) is 0 Å². The van der Waals surface area contributed by atoms with Gasteiger partial charge in [0.25, 0.3) is 0 Å². The van der Waals surface area contributed by atoms with Gasteiger partial charge in [-0.25, -0.2) is 0 Å². The molecule has 1 aromatic rings. The molecule has 1 aromatic carbocycles. The van der Waals surface area contributed by atoms with Crippen molar-refractivity contribution in [1.29, 1.82) is 0 Å². The van der Waals surface area contributed by atoms with Gasteiger partial charge in [0, 0.05) is 0 Å². The molecule has 1 N–H and O–H groups in total. The number of allylic oxidation sites excluding steroid dienone is 2. The smallest absolute Gasteiger partial charge is 0.119 e. The van der Waals surface area contributed by atoms with Crippen LogP contribution >= 0.6 is 0 Å². The molecule has 1 heteroatoms. The summed E-state index contributed by atoms with van der Waals surface area (Å²) in [5.74, 6) is 0.388. The van der Waals surface area contributed by atoms with Gasteiger partial charge in [0.1, 0.15) is 5.75 Å². The second kappa shape index (κ2) is 3.96. The highest BCUT2D eigenvalue weighted by atomic mass is 16.3. The van der Waals surface area contributed by atoms with Crippen LogP contribution in [0.5, 0.6) is 5.75 Å². The molecule has 0 aliphatic heterocycles. The van der Waals surface area contributed by atoms with Crippen LogP contribution in [0.15, 0.2) is 30.4 Å². The standard InChI is InChI=1S/C11H14O/c1-3-4-5-10-8-9(2)6-7-11(10)12/h3-4,6-8,12H,5H2,1-2H3. The number of rotatable bonds is 2. The number of benzene rings is 1. The Morgan fingerprint density at radius 1 is 1.42 bits per heavy atom. The summed E-state index contributed by atoms with van der Waals surface area (Å²) in [6.45, 7) is 4.01. The molecule has 0 aliphatic rings. The number of aryl methyl sites for hydroxylation is 1. The normalized spacial score (nSPS) is 10.8. The van der Waals surface area contributed by atoms with Crippen LogP contribution in [0.3, 0.4) is 0 Å². The first-order valence-electron chi connectivity index (χ1n) is 4.13. The molecule has 12 heavy (non-hydrogen) atoms. The summed E-state index contributed by atoms with van der Waals surface area (Å²) in [5, 5.41) is 9.43. The van der Waals surface area contributed by atoms with Gasteiger partial charge in [-0.1, -0.05) is 29.8 Å². The third-order valence-corrected chi connectivity index (χ3v) is 1.81. The zero-order valence-electron chi connectivity index (χ0n) is 7.54. The third-order valence-electron chi connectivity index (χ3n) is 1.81. The van der Waals surface area contributed by atoms with E-state index in [9.17, 15) is 5.11 Å². The van der Waals surface area contributed by atoms with Gasteiger partial charge in [-0.3, -0.25) is 0 Å². The Hall–Kier alpha value is -1.24. The first kappa shape index (κ1) is 8.85. The highest BCUT2D eigenvalue weighted by Crippen LogP contribution is 2.18. The Morgan fingerprint density at radius 3 is 2.83 bits per heavy atom. The second-order valence-electron chi connectivity index (χ2n) is 2.91. The number of phenolic OH excluding ortho intramolecular Hbond substituents is 1. The van der Waals surface area contributed by atoms with Gasteiger partial charge in [-0.2, -0.15) is 0 Å². The van der Waals surface area contributed by atoms with E-state index in [1.165, 1.54) is 5.56 Å². The first-order valence-corrected chi connectivity index (χ1v) is 4.13. The van der Waals surface area contributed by atoms with E-state index in [2.05, 4.69) is 0 Å². The van der Waals surface area contributed by atoms with Crippen LogP contribution in [0.1, 0.15) is 18.1 Å². The lowest BCUT2D eigenvalue weighted by Gasteiger charge is -2.01. The molecule has 0 fully saturated rings. The number of hydrogen-bond acceptors (Lipinski definition) is 1. The molecular formula is C11H14O. The van der Waals surface area contributed by atoms with Crippen molar-refractivity contribution in [2.45, 2.75) is 20.3 Å². The summed E-state index contributed by atoms with van der Waals surface area (Å²) in [7, 11) is 0. The molecule has 1 rings (SSSR count). The summed E-state index contributed by atoms with van der Waals surface area (Å²) in [5.41, 5.74) is 2.18. The monoisotopic (exact) mass is 162 g/mol. The van der Waals surface area contributed by atoms with Crippen molar-refractivity contribution in [3.8, 4) is 5.75 Å². The summed E-state index contributed by atoms with van der Waals surface area (Å²) in [6.07, 6.45) is 4.83. The molecule has 1 nitrogen and oxygen atoms in total. The van der Waals surface area contributed by atoms with Crippen LogP contribution in [0.2, 0.25) is 0 Å². The molecule has 0 aromatic heterocycles. The van der Waals surface area contributed by atoms with E-state index in [1.807, 2.05) is 38.1 Å². The summed E-state index contributed by atoms with van der Waals surface area (Å²) in [6, 6.07) is 5.66. The minimum atomic E-state index is 0.388. The SMILES string of the molecule is CC=CCc1cc(C)ccc1O. The average Bonchev–Trinajstić information content (AvgIpc) is 2.07. The van der Waals surface area contributed by atoms with Crippen LogP contribution in [-0.2, 0) is 6.42 Å². The zero-order chi connectivity index (χ0) is 8.97. The molecule has 0 unspecified atom stereocenters. The molecule has 0 saturated carbocycles. The van der Waals surface area contributed by atoms with Crippen molar-refractivity contribution in [1.82, 2.24) is 0 Å². The molecule has 0 heterocycles. The quantitative estimate of drug-likeness (QED) is 0.663. The third kappa shape index (κ3) is 2.12. The lowest BCUT2D eigenvalue weighted by Crippen LogP contribution is -1.83. The predicted octanol–water partition coefficient (Wildman–Crippen LogP) is 2.82. The van der Waals surface area contributed by atoms with Gasteiger partial charge in [0.15, 0.2) is 0 Å². The highest BCUT2D eigenvalue weighted by molar-refractivity contribution is 5.36. The molecule has 64 valence electrons. The molecule has 0 aliphatic carbocycles. The Balaban J connectivity index is 2.89. The fourth-order valence-electron chi connectivity index (χ4n) is 1.12. The molecule has 0 spiro atoms. The summed E-state index contributed by atoms with van der Waals surface area (Å²) < 4.78 is 0. The van der Waals surface area contributed by atoms with Gasteiger partial charge >= 0.3 is 0 Å². The Bertz CT molecular complexity index is 287. The van der Waals surface area contributed by atoms with Crippen molar-refractivity contribution >= 4 is 0 Å². The lowest BCUT2D eigenvalue weighted by atomic mass is 10.1. The minimum absolute atomic E-state index is 0.388. The highest BCUT2D eigenvalue weighted by Gasteiger charge is 1.97. The van der Waals surface area contributed by atoms with Crippen molar-refractivity contribution in [3.05, 3.63) is 41.5 Å². The maximum Gasteiger partial charge on any atom is 0.119 e. The first-order chi connectivity index (χ1) is 5.74. The van der Waals surface area contributed by atoms with Crippen molar-refractivity contribution < 1.29 is 5.11 Å². The fraction of sp³-hybridized carbons (Fsp3) is 0.273. The van der Waals surface area contributed by atoms with Crippen molar-refractivity contribution in [2.24, 2.45) is 0 Å². The molecule has 0 amide bonds. The number of phenols is 1. The van der Waals surface area contributed by atoms with E-state index < -0.39 is 0 Å². The Labute approximate surface area is 73.4 Å². The topological polar surface area (TPSA) is 20.2 Å². The summed E-state index contributed by atoms with van der Waals surface area (Å²) in [4.78, 5) is 0. The van der Waals surface area contributed by atoms with Gasteiger partial charge < -0.3 is 5.11 Å². The van der Waals surface area contributed by atoms with E-state index in [1.54, 1.807) is 6.07 Å². The van der Waals surface area contributed by atoms with Gasteiger partial charge in [-0.15, -0.1) is 0 Å². The summed E-state index contributed by atoms with van der Waals surface area (Å²) >= 11 is 0. The maximum absolute atomic E-state index is 9.43. The van der Waals surface area contributed by atoms with Gasteiger partial charge in [0.2, 0.25) is 0 Å². The fourth-order valence-corrected chi connectivity index (χ4v) is 1.12. The largest absolute Gasteiger partial charge is 0.508 e. The molecular weight excluding hydrogens is 148 g/mol. The number of hydrogen-bond donors (Lipinski definition) is 1. The number of aromatic hydroxyl groups is 1. The molecule has 0 saturated heterocycles. The van der Waals surface area contributed by atoms with E-state index in [4.69, 9.17) is 0 Å². The van der Waals surface area contributed by atoms with Crippen LogP contribution in [0, 0.1) is 6.92 Å². The Morgan fingerprint density at radius 2 is 2.17 bits per heavy atom. The van der Waals surface area contributed by atoms with Gasteiger partial charge in [0.05, 0.1) is 0 Å². The van der Waals surface area contributed by atoms with E-state index in [0.29, 0.717) is 5.75 Å². The van der Waals surface area contributed by atoms with Crippen LogP contribution in [0.4, 0.5) is 0 Å². The minimum Gasteiger partial charge on any atom is -0.508 e.